The lowest BCUT2D eigenvalue weighted by atomic mass is 9.98. The van der Waals surface area contributed by atoms with Gasteiger partial charge < -0.3 is 15.8 Å². The Balaban J connectivity index is 1.56. The average Bonchev–Trinajstić information content (AvgIpc) is 3.18. The summed E-state index contributed by atoms with van der Waals surface area (Å²) in [6, 6.07) is 3.83. The van der Waals surface area contributed by atoms with Gasteiger partial charge in [0.1, 0.15) is 5.82 Å². The van der Waals surface area contributed by atoms with E-state index in [1.165, 1.54) is 32.1 Å². The third-order valence-electron chi connectivity index (χ3n) is 4.63. The van der Waals surface area contributed by atoms with Crippen molar-refractivity contribution in [2.75, 3.05) is 24.2 Å². The average molecular weight is 275 g/mol. The minimum atomic E-state index is 0.585. The second-order valence-corrected chi connectivity index (χ2v) is 6.39. The van der Waals surface area contributed by atoms with Crippen molar-refractivity contribution in [2.24, 2.45) is 17.8 Å². The van der Waals surface area contributed by atoms with E-state index in [-0.39, 0.29) is 0 Å². The molecule has 3 rings (SSSR count). The van der Waals surface area contributed by atoms with Gasteiger partial charge in [-0.25, -0.2) is 0 Å². The van der Waals surface area contributed by atoms with Crippen molar-refractivity contribution in [3.8, 4) is 5.88 Å². The van der Waals surface area contributed by atoms with Crippen LogP contribution >= 0.6 is 0 Å². The third-order valence-corrected chi connectivity index (χ3v) is 4.63. The van der Waals surface area contributed by atoms with Crippen molar-refractivity contribution in [2.45, 2.75) is 39.0 Å². The predicted octanol–water partition coefficient (Wildman–Crippen LogP) is 3.30. The Morgan fingerprint density at radius 1 is 1.30 bits per heavy atom. The number of hydrogen-bond donors (Lipinski definition) is 2. The molecular formula is C16H25N3O. The minimum absolute atomic E-state index is 0.585. The lowest BCUT2D eigenvalue weighted by Crippen LogP contribution is -2.17. The smallest absolute Gasteiger partial charge is 0.239 e. The van der Waals surface area contributed by atoms with Crippen LogP contribution in [0.15, 0.2) is 12.1 Å². The number of nitrogens with zero attached hydrogens (tertiary/aromatic N) is 1. The number of aromatic nitrogens is 1. The number of anilines is 2. The summed E-state index contributed by atoms with van der Waals surface area (Å²) in [6.07, 6.45) is 6.60. The number of hydrogen-bond acceptors (Lipinski definition) is 4. The summed E-state index contributed by atoms with van der Waals surface area (Å²) in [5.74, 6) is 3.77. The largest absolute Gasteiger partial charge is 0.476 e. The molecule has 2 atom stereocenters. The molecule has 0 bridgehead atoms. The van der Waals surface area contributed by atoms with Crippen molar-refractivity contribution < 1.29 is 4.74 Å². The van der Waals surface area contributed by atoms with Crippen LogP contribution < -0.4 is 15.8 Å². The van der Waals surface area contributed by atoms with Crippen LogP contribution in [0, 0.1) is 17.8 Å². The number of pyridine rings is 1. The summed E-state index contributed by atoms with van der Waals surface area (Å²) < 4.78 is 5.72. The molecule has 110 valence electrons. The Bertz CT molecular complexity index is 459. The summed E-state index contributed by atoms with van der Waals surface area (Å²) >= 11 is 0. The molecule has 1 aromatic rings. The Morgan fingerprint density at radius 2 is 2.15 bits per heavy atom. The first kappa shape index (κ1) is 13.5. The maximum atomic E-state index is 5.92. The van der Waals surface area contributed by atoms with Gasteiger partial charge in [-0.3, -0.25) is 0 Å². The summed E-state index contributed by atoms with van der Waals surface area (Å²) in [4.78, 5) is 4.50. The van der Waals surface area contributed by atoms with Crippen molar-refractivity contribution in [3.05, 3.63) is 12.1 Å². The molecule has 1 heterocycles. The van der Waals surface area contributed by atoms with E-state index >= 15 is 0 Å². The van der Waals surface area contributed by atoms with E-state index in [1.54, 1.807) is 0 Å². The molecule has 0 radical (unpaired) electrons. The number of rotatable bonds is 6. The predicted molar refractivity (Wildman–Crippen MR) is 81.9 cm³/mol. The molecule has 0 saturated heterocycles. The SMILES string of the molecule is CC1CCCC1CNc1ccc(N)c(OCC2CC2)n1. The lowest BCUT2D eigenvalue weighted by molar-refractivity contribution is 0.290. The van der Waals surface area contributed by atoms with Crippen molar-refractivity contribution in [3.63, 3.8) is 0 Å². The molecule has 2 fully saturated rings. The molecule has 3 N–H and O–H groups in total. The maximum Gasteiger partial charge on any atom is 0.239 e. The van der Waals surface area contributed by atoms with Crippen LogP contribution in [0.25, 0.3) is 0 Å². The van der Waals surface area contributed by atoms with E-state index in [9.17, 15) is 0 Å². The molecule has 4 nitrogen and oxygen atoms in total. The van der Waals surface area contributed by atoms with Gasteiger partial charge in [0.25, 0.3) is 0 Å². The Hall–Kier alpha value is -1.45. The van der Waals surface area contributed by atoms with Gasteiger partial charge in [0.05, 0.1) is 12.3 Å². The fourth-order valence-corrected chi connectivity index (χ4v) is 2.91. The van der Waals surface area contributed by atoms with Crippen LogP contribution in [0.5, 0.6) is 5.88 Å². The summed E-state index contributed by atoms with van der Waals surface area (Å²) in [6.45, 7) is 4.10. The highest BCUT2D eigenvalue weighted by molar-refractivity contribution is 5.53. The molecule has 0 aliphatic heterocycles. The zero-order chi connectivity index (χ0) is 13.9. The molecule has 4 heteroatoms. The molecular weight excluding hydrogens is 250 g/mol. The van der Waals surface area contributed by atoms with E-state index in [1.807, 2.05) is 12.1 Å². The highest BCUT2D eigenvalue weighted by Crippen LogP contribution is 2.32. The Morgan fingerprint density at radius 3 is 2.85 bits per heavy atom. The van der Waals surface area contributed by atoms with Crippen LogP contribution in [0.1, 0.15) is 39.0 Å². The van der Waals surface area contributed by atoms with Crippen molar-refractivity contribution >= 4 is 11.5 Å². The van der Waals surface area contributed by atoms with Gasteiger partial charge in [-0.15, -0.1) is 0 Å². The molecule has 2 aliphatic carbocycles. The highest BCUT2D eigenvalue weighted by atomic mass is 16.5. The summed E-state index contributed by atoms with van der Waals surface area (Å²) in [7, 11) is 0. The maximum absolute atomic E-state index is 5.92. The molecule has 0 spiro atoms. The van der Waals surface area contributed by atoms with Gasteiger partial charge in [-0.1, -0.05) is 19.8 Å². The molecule has 2 saturated carbocycles. The van der Waals surface area contributed by atoms with E-state index in [2.05, 4.69) is 17.2 Å². The third kappa shape index (κ3) is 3.35. The Labute approximate surface area is 121 Å². The highest BCUT2D eigenvalue weighted by Gasteiger charge is 2.24. The molecule has 2 unspecified atom stereocenters. The minimum Gasteiger partial charge on any atom is -0.476 e. The number of nitrogens with two attached hydrogens (primary N) is 1. The standard InChI is InChI=1S/C16H25N3O/c1-11-3-2-4-13(11)9-18-15-8-7-14(17)16(19-15)20-10-12-5-6-12/h7-8,11-13H,2-6,9-10,17H2,1H3,(H,18,19). The molecule has 20 heavy (non-hydrogen) atoms. The Kier molecular flexibility index (Phi) is 3.99. The van der Waals surface area contributed by atoms with Gasteiger partial charge in [0.2, 0.25) is 5.88 Å². The zero-order valence-electron chi connectivity index (χ0n) is 12.3. The molecule has 0 aromatic carbocycles. The second-order valence-electron chi connectivity index (χ2n) is 6.39. The van der Waals surface area contributed by atoms with Crippen LogP contribution in [0.4, 0.5) is 11.5 Å². The fourth-order valence-electron chi connectivity index (χ4n) is 2.91. The summed E-state index contributed by atoms with van der Waals surface area (Å²) in [5.41, 5.74) is 6.55. The summed E-state index contributed by atoms with van der Waals surface area (Å²) in [5, 5.41) is 3.44. The van der Waals surface area contributed by atoms with Crippen molar-refractivity contribution in [1.29, 1.82) is 0 Å². The van der Waals surface area contributed by atoms with Crippen LogP contribution in [-0.2, 0) is 0 Å². The fraction of sp³-hybridized carbons (Fsp3) is 0.688. The number of nitrogen functional groups attached to an aromatic ring is 1. The van der Waals surface area contributed by atoms with Gasteiger partial charge >= 0.3 is 0 Å². The van der Waals surface area contributed by atoms with Crippen LogP contribution in [0.3, 0.4) is 0 Å². The van der Waals surface area contributed by atoms with E-state index in [0.29, 0.717) is 17.5 Å². The topological polar surface area (TPSA) is 60.2 Å². The molecule has 2 aliphatic rings. The molecule has 0 amide bonds. The van der Waals surface area contributed by atoms with Crippen LogP contribution in [0.2, 0.25) is 0 Å². The lowest BCUT2D eigenvalue weighted by Gasteiger charge is -2.17. The first-order valence-electron chi connectivity index (χ1n) is 7.85. The van der Waals surface area contributed by atoms with Gasteiger partial charge in [0.15, 0.2) is 0 Å². The first-order chi connectivity index (χ1) is 9.72. The van der Waals surface area contributed by atoms with Crippen LogP contribution in [-0.4, -0.2) is 18.1 Å². The quantitative estimate of drug-likeness (QED) is 0.836. The van der Waals surface area contributed by atoms with Crippen molar-refractivity contribution in [1.82, 2.24) is 4.98 Å². The zero-order valence-corrected chi connectivity index (χ0v) is 12.3. The first-order valence-corrected chi connectivity index (χ1v) is 7.85. The van der Waals surface area contributed by atoms with E-state index < -0.39 is 0 Å². The molecule has 1 aromatic heterocycles. The van der Waals surface area contributed by atoms with Gasteiger partial charge in [0, 0.05) is 6.54 Å². The number of nitrogens with one attached hydrogen (secondary N) is 1. The normalized spacial score (nSPS) is 25.6. The number of ether oxygens (including phenoxy) is 1. The van der Waals surface area contributed by atoms with E-state index in [0.717, 1.165) is 30.8 Å². The second kappa shape index (κ2) is 5.90. The van der Waals surface area contributed by atoms with Gasteiger partial charge in [-0.05, 0) is 49.1 Å². The van der Waals surface area contributed by atoms with Gasteiger partial charge in [-0.2, -0.15) is 4.98 Å². The van der Waals surface area contributed by atoms with E-state index in [4.69, 9.17) is 10.5 Å². The monoisotopic (exact) mass is 275 g/mol.